The first-order valence-electron chi connectivity index (χ1n) is 12.0. The zero-order valence-electron chi connectivity index (χ0n) is 18.7. The fourth-order valence-electron chi connectivity index (χ4n) is 5.13. The summed E-state index contributed by atoms with van der Waals surface area (Å²) < 4.78 is 28.2. The SMILES string of the molecule is CCCCCCC(F)(CC)C(=O)/C=C/C1CCC2(OCCO2)C1CCC1SCCS1. The molecule has 6 heteroatoms. The molecule has 0 N–H and O–H groups in total. The molecule has 3 atom stereocenters. The number of ether oxygens (including phenoxy) is 2. The first kappa shape index (κ1) is 24.6. The Kier molecular flexibility index (Phi) is 9.61. The van der Waals surface area contributed by atoms with E-state index in [9.17, 15) is 4.79 Å². The van der Waals surface area contributed by atoms with Crippen LogP contribution in [0, 0.1) is 11.8 Å². The minimum atomic E-state index is -1.71. The highest BCUT2D eigenvalue weighted by Gasteiger charge is 2.52. The lowest BCUT2D eigenvalue weighted by Crippen LogP contribution is -2.37. The van der Waals surface area contributed by atoms with Gasteiger partial charge in [0, 0.05) is 23.8 Å². The number of alkyl halides is 1. The van der Waals surface area contributed by atoms with E-state index in [0.717, 1.165) is 51.4 Å². The molecule has 1 aliphatic carbocycles. The van der Waals surface area contributed by atoms with Crippen molar-refractivity contribution < 1.29 is 18.7 Å². The molecule has 3 rings (SSSR count). The standard InChI is InChI=1S/C24H39FO3S2/c1-3-5-6-7-13-23(25,4-2)21(26)10-8-19-12-14-24(27-15-16-28-24)20(19)9-11-22-29-17-18-30-22/h8,10,19-20,22H,3-7,9,11-18H2,1-2H3/b10-8+. The molecule has 0 aromatic carbocycles. The van der Waals surface area contributed by atoms with E-state index in [-0.39, 0.29) is 24.0 Å². The number of thioether (sulfide) groups is 2. The van der Waals surface area contributed by atoms with Gasteiger partial charge in [0.25, 0.3) is 0 Å². The summed E-state index contributed by atoms with van der Waals surface area (Å²) in [7, 11) is 0. The first-order chi connectivity index (χ1) is 14.5. The van der Waals surface area contributed by atoms with Crippen LogP contribution >= 0.6 is 23.5 Å². The zero-order chi connectivity index (χ0) is 21.5. The largest absolute Gasteiger partial charge is 0.347 e. The molecule has 3 unspecified atom stereocenters. The number of unbranched alkanes of at least 4 members (excludes halogenated alkanes) is 3. The molecule has 0 aromatic rings. The number of allylic oxidation sites excluding steroid dienone is 2. The summed E-state index contributed by atoms with van der Waals surface area (Å²) in [5.74, 6) is 2.13. The van der Waals surface area contributed by atoms with Crippen LogP contribution in [-0.2, 0) is 14.3 Å². The summed E-state index contributed by atoms with van der Waals surface area (Å²) in [6.45, 7) is 5.24. The number of ketones is 1. The van der Waals surface area contributed by atoms with Crippen LogP contribution in [0.3, 0.4) is 0 Å². The van der Waals surface area contributed by atoms with E-state index < -0.39 is 11.5 Å². The van der Waals surface area contributed by atoms with Gasteiger partial charge in [0.1, 0.15) is 0 Å². The van der Waals surface area contributed by atoms with Gasteiger partial charge in [-0.1, -0.05) is 39.2 Å². The Balaban J connectivity index is 1.61. The van der Waals surface area contributed by atoms with Crippen molar-refractivity contribution in [2.45, 2.75) is 94.1 Å². The third-order valence-corrected chi connectivity index (χ3v) is 10.2. The molecule has 1 spiro atoms. The highest BCUT2D eigenvalue weighted by atomic mass is 32.2. The summed E-state index contributed by atoms with van der Waals surface area (Å²) in [6.07, 6.45) is 12.1. The molecule has 172 valence electrons. The molecule has 2 heterocycles. The van der Waals surface area contributed by atoms with Crippen molar-refractivity contribution in [1.29, 1.82) is 0 Å². The molecule has 3 aliphatic rings. The van der Waals surface area contributed by atoms with Crippen LogP contribution in [0.15, 0.2) is 12.2 Å². The maximum atomic E-state index is 15.3. The van der Waals surface area contributed by atoms with E-state index >= 15 is 4.39 Å². The highest BCUT2D eigenvalue weighted by molar-refractivity contribution is 8.20. The molecule has 0 aromatic heterocycles. The van der Waals surface area contributed by atoms with Gasteiger partial charge in [0.2, 0.25) is 0 Å². The fraction of sp³-hybridized carbons (Fsp3) is 0.875. The predicted molar refractivity (Wildman–Crippen MR) is 126 cm³/mol. The molecule has 2 saturated heterocycles. The molecule has 2 aliphatic heterocycles. The van der Waals surface area contributed by atoms with Gasteiger partial charge in [0.15, 0.2) is 17.2 Å². The van der Waals surface area contributed by atoms with E-state index in [1.54, 1.807) is 13.0 Å². The fourth-order valence-corrected chi connectivity index (χ4v) is 7.99. The van der Waals surface area contributed by atoms with Gasteiger partial charge < -0.3 is 9.47 Å². The van der Waals surface area contributed by atoms with Crippen molar-refractivity contribution in [1.82, 2.24) is 0 Å². The number of halogens is 1. The van der Waals surface area contributed by atoms with Crippen LogP contribution in [0.25, 0.3) is 0 Å². The third-order valence-electron chi connectivity index (χ3n) is 7.01. The molecular weight excluding hydrogens is 419 g/mol. The Bertz CT molecular complexity index is 573. The average molecular weight is 459 g/mol. The van der Waals surface area contributed by atoms with E-state index in [2.05, 4.69) is 30.4 Å². The van der Waals surface area contributed by atoms with Crippen LogP contribution in [0.2, 0.25) is 0 Å². The Morgan fingerprint density at radius 1 is 1.13 bits per heavy atom. The minimum Gasteiger partial charge on any atom is -0.347 e. The molecular formula is C24H39FO3S2. The molecule has 3 fully saturated rings. The first-order valence-corrected chi connectivity index (χ1v) is 14.1. The molecule has 0 amide bonds. The smallest absolute Gasteiger partial charge is 0.192 e. The highest BCUT2D eigenvalue weighted by Crippen LogP contribution is 2.50. The van der Waals surface area contributed by atoms with Gasteiger partial charge in [-0.15, -0.1) is 23.5 Å². The van der Waals surface area contributed by atoms with Crippen molar-refractivity contribution in [3.63, 3.8) is 0 Å². The van der Waals surface area contributed by atoms with Crippen LogP contribution in [0.1, 0.15) is 78.1 Å². The summed E-state index contributed by atoms with van der Waals surface area (Å²) >= 11 is 4.11. The second-order valence-corrected chi connectivity index (χ2v) is 11.8. The van der Waals surface area contributed by atoms with Gasteiger partial charge in [-0.05, 0) is 50.5 Å². The quantitative estimate of drug-likeness (QED) is 0.245. The van der Waals surface area contributed by atoms with Gasteiger partial charge in [0.05, 0.1) is 17.8 Å². The topological polar surface area (TPSA) is 35.5 Å². The Morgan fingerprint density at radius 3 is 2.53 bits per heavy atom. The predicted octanol–water partition coefficient (Wildman–Crippen LogP) is 6.56. The van der Waals surface area contributed by atoms with E-state index in [1.807, 2.05) is 6.08 Å². The minimum absolute atomic E-state index is 0.227. The van der Waals surface area contributed by atoms with Crippen LogP contribution in [0.5, 0.6) is 0 Å². The van der Waals surface area contributed by atoms with E-state index in [1.165, 1.54) is 11.5 Å². The molecule has 0 radical (unpaired) electrons. The molecule has 1 saturated carbocycles. The summed E-state index contributed by atoms with van der Waals surface area (Å²) in [4.78, 5) is 12.8. The number of carbonyl (C=O) groups excluding carboxylic acids is 1. The van der Waals surface area contributed by atoms with Crippen molar-refractivity contribution in [3.05, 3.63) is 12.2 Å². The summed E-state index contributed by atoms with van der Waals surface area (Å²) in [5, 5.41) is 0. The number of carbonyl (C=O) groups is 1. The maximum absolute atomic E-state index is 15.3. The lowest BCUT2D eigenvalue weighted by atomic mass is 9.86. The Morgan fingerprint density at radius 2 is 1.87 bits per heavy atom. The summed E-state index contributed by atoms with van der Waals surface area (Å²) in [5.41, 5.74) is -1.71. The van der Waals surface area contributed by atoms with Crippen LogP contribution in [0.4, 0.5) is 4.39 Å². The molecule has 0 bridgehead atoms. The van der Waals surface area contributed by atoms with E-state index in [4.69, 9.17) is 9.47 Å². The lowest BCUT2D eigenvalue weighted by Gasteiger charge is -2.32. The van der Waals surface area contributed by atoms with Gasteiger partial charge in [-0.25, -0.2) is 4.39 Å². The van der Waals surface area contributed by atoms with Crippen LogP contribution < -0.4 is 0 Å². The third kappa shape index (κ3) is 6.05. The van der Waals surface area contributed by atoms with Crippen molar-refractivity contribution in [3.8, 4) is 0 Å². The number of rotatable bonds is 12. The Hall–Kier alpha value is -0.0400. The van der Waals surface area contributed by atoms with Crippen molar-refractivity contribution >= 4 is 29.3 Å². The van der Waals surface area contributed by atoms with E-state index in [0.29, 0.717) is 24.2 Å². The van der Waals surface area contributed by atoms with Gasteiger partial charge in [-0.2, -0.15) is 0 Å². The van der Waals surface area contributed by atoms with Crippen molar-refractivity contribution in [2.24, 2.45) is 11.8 Å². The Labute approximate surface area is 190 Å². The van der Waals surface area contributed by atoms with Gasteiger partial charge >= 0.3 is 0 Å². The van der Waals surface area contributed by atoms with Crippen molar-refractivity contribution in [2.75, 3.05) is 24.7 Å². The second-order valence-electron chi connectivity index (χ2n) is 8.92. The second kappa shape index (κ2) is 11.7. The van der Waals surface area contributed by atoms with Gasteiger partial charge in [-0.3, -0.25) is 4.79 Å². The number of hydrogen-bond donors (Lipinski definition) is 0. The molecule has 3 nitrogen and oxygen atoms in total. The van der Waals surface area contributed by atoms with Crippen LogP contribution in [-0.4, -0.2) is 46.5 Å². The monoisotopic (exact) mass is 458 g/mol. The zero-order valence-corrected chi connectivity index (χ0v) is 20.3. The number of hydrogen-bond acceptors (Lipinski definition) is 5. The molecule has 30 heavy (non-hydrogen) atoms. The maximum Gasteiger partial charge on any atom is 0.192 e. The summed E-state index contributed by atoms with van der Waals surface area (Å²) in [6, 6.07) is 0. The normalized spacial score (nSPS) is 28.6. The average Bonchev–Trinajstić information content (AvgIpc) is 3.51. The lowest BCUT2D eigenvalue weighted by molar-refractivity contribution is -0.185.